The van der Waals surface area contributed by atoms with Gasteiger partial charge in [0.25, 0.3) is 5.91 Å². The van der Waals surface area contributed by atoms with E-state index in [0.29, 0.717) is 46.9 Å². The second-order valence-electron chi connectivity index (χ2n) is 6.34. The lowest BCUT2D eigenvalue weighted by molar-refractivity contribution is -0.138. The molecule has 1 aromatic carbocycles. The van der Waals surface area contributed by atoms with Gasteiger partial charge in [0.2, 0.25) is 0 Å². The van der Waals surface area contributed by atoms with Gasteiger partial charge in [-0.05, 0) is 24.3 Å². The summed E-state index contributed by atoms with van der Waals surface area (Å²) >= 11 is 6.49. The van der Waals surface area contributed by atoms with E-state index in [1.165, 1.54) is 17.1 Å². The Labute approximate surface area is 174 Å². The molecule has 4 rings (SSSR count). The number of rotatable bonds is 3. The molecular weight excluding hydrogens is 425 g/mol. The number of furan rings is 1. The smallest absolute Gasteiger partial charge is 0.416 e. The monoisotopic (exact) mass is 440 g/mol. The Bertz CT molecular complexity index is 981. The van der Waals surface area contributed by atoms with E-state index in [1.54, 1.807) is 18.2 Å². The van der Waals surface area contributed by atoms with Crippen molar-refractivity contribution in [3.63, 3.8) is 0 Å². The number of hydrogen-bond donors (Lipinski definition) is 0. The first-order valence-electron chi connectivity index (χ1n) is 8.71. The zero-order valence-electron chi connectivity index (χ0n) is 14.9. The number of nitrogens with zero attached hydrogens (tertiary/aromatic N) is 2. The van der Waals surface area contributed by atoms with Crippen LogP contribution in [-0.4, -0.2) is 46.5 Å². The Balaban J connectivity index is 1.55. The molecule has 5 nitrogen and oxygen atoms in total. The molecule has 0 radical (unpaired) electrons. The summed E-state index contributed by atoms with van der Waals surface area (Å²) in [5.41, 5.74) is -0.445. The number of carbonyl (C=O) groups excluding carboxylic acids is 1. The van der Waals surface area contributed by atoms with Crippen LogP contribution in [0.25, 0.3) is 17.4 Å². The Kier molecular flexibility index (Phi) is 5.52. The highest BCUT2D eigenvalue weighted by atomic mass is 32.2. The van der Waals surface area contributed by atoms with Crippen molar-refractivity contribution in [2.45, 2.75) is 6.18 Å². The number of amides is 1. The number of benzene rings is 1. The predicted molar refractivity (Wildman–Crippen MR) is 107 cm³/mol. The summed E-state index contributed by atoms with van der Waals surface area (Å²) < 4.78 is 50.1. The normalized spacial score (nSPS) is 20.1. The Morgan fingerprint density at radius 1 is 1.14 bits per heavy atom. The molecule has 0 saturated carbocycles. The standard InChI is InChI=1S/C19H15F3N2O3S2/c20-19(21,22)13-3-1-2-12(10-13)15-5-4-14(27-15)11-16-17(25)24(18(28)29-16)23-6-8-26-9-7-23/h1-5,10-11H,6-9H2/b16-11-. The number of carbonyl (C=O) groups is 1. The van der Waals surface area contributed by atoms with Crippen LogP contribution in [0, 0.1) is 0 Å². The largest absolute Gasteiger partial charge is 0.457 e. The molecule has 2 saturated heterocycles. The molecule has 0 N–H and O–H groups in total. The average molecular weight is 440 g/mol. The average Bonchev–Trinajstić information content (AvgIpc) is 3.27. The molecule has 152 valence electrons. The summed E-state index contributed by atoms with van der Waals surface area (Å²) in [5.74, 6) is 0.393. The molecule has 0 unspecified atom stereocenters. The Morgan fingerprint density at radius 3 is 2.62 bits per heavy atom. The molecular formula is C19H15F3N2O3S2. The van der Waals surface area contributed by atoms with Crippen molar-refractivity contribution in [3.8, 4) is 11.3 Å². The summed E-state index contributed by atoms with van der Waals surface area (Å²) in [7, 11) is 0. The summed E-state index contributed by atoms with van der Waals surface area (Å²) in [4.78, 5) is 13.1. The number of hydrazine groups is 1. The lowest BCUT2D eigenvalue weighted by atomic mass is 10.1. The van der Waals surface area contributed by atoms with Crippen LogP contribution >= 0.6 is 24.0 Å². The van der Waals surface area contributed by atoms with Crippen molar-refractivity contribution in [3.05, 3.63) is 52.6 Å². The van der Waals surface area contributed by atoms with E-state index in [0.717, 1.165) is 23.9 Å². The fourth-order valence-corrected chi connectivity index (χ4v) is 4.31. The third-order valence-corrected chi connectivity index (χ3v) is 5.70. The van der Waals surface area contributed by atoms with Gasteiger partial charge in [-0.3, -0.25) is 4.79 Å². The maximum absolute atomic E-state index is 12.9. The van der Waals surface area contributed by atoms with Crippen LogP contribution in [-0.2, 0) is 15.7 Å². The Morgan fingerprint density at radius 2 is 1.90 bits per heavy atom. The van der Waals surface area contributed by atoms with Crippen molar-refractivity contribution < 1.29 is 27.1 Å². The van der Waals surface area contributed by atoms with Gasteiger partial charge in [-0.15, -0.1) is 0 Å². The topological polar surface area (TPSA) is 45.9 Å². The molecule has 0 spiro atoms. The SMILES string of the molecule is O=C1/C(=C/c2ccc(-c3cccc(C(F)(F)F)c3)o2)SC(=S)N1N1CCOCC1. The third kappa shape index (κ3) is 4.25. The van der Waals surface area contributed by atoms with Crippen molar-refractivity contribution in [1.82, 2.24) is 10.0 Å². The number of thioether (sulfide) groups is 1. The highest BCUT2D eigenvalue weighted by molar-refractivity contribution is 8.26. The van der Waals surface area contributed by atoms with Crippen molar-refractivity contribution in [2.24, 2.45) is 0 Å². The van der Waals surface area contributed by atoms with E-state index in [2.05, 4.69) is 0 Å². The Hall–Kier alpha value is -2.14. The first-order valence-corrected chi connectivity index (χ1v) is 9.93. The van der Waals surface area contributed by atoms with Gasteiger partial charge in [0.15, 0.2) is 4.32 Å². The molecule has 2 aliphatic heterocycles. The van der Waals surface area contributed by atoms with Gasteiger partial charge in [0, 0.05) is 24.7 Å². The lowest BCUT2D eigenvalue weighted by Gasteiger charge is -2.33. The van der Waals surface area contributed by atoms with E-state index >= 15 is 0 Å². The minimum atomic E-state index is -4.43. The fraction of sp³-hybridized carbons (Fsp3) is 0.263. The zero-order chi connectivity index (χ0) is 20.6. The number of hydrogen-bond acceptors (Lipinski definition) is 6. The molecule has 3 heterocycles. The van der Waals surface area contributed by atoms with E-state index in [1.807, 2.05) is 5.01 Å². The van der Waals surface area contributed by atoms with Crippen LogP contribution in [0.4, 0.5) is 13.2 Å². The second kappa shape index (κ2) is 7.94. The number of morpholine rings is 1. The maximum Gasteiger partial charge on any atom is 0.416 e. The van der Waals surface area contributed by atoms with Crippen LogP contribution in [0.1, 0.15) is 11.3 Å². The van der Waals surface area contributed by atoms with E-state index < -0.39 is 11.7 Å². The van der Waals surface area contributed by atoms with Crippen LogP contribution in [0.5, 0.6) is 0 Å². The van der Waals surface area contributed by atoms with Gasteiger partial charge < -0.3 is 9.15 Å². The van der Waals surface area contributed by atoms with Crippen molar-refractivity contribution >= 4 is 40.3 Å². The highest BCUT2D eigenvalue weighted by Gasteiger charge is 2.37. The molecule has 10 heteroatoms. The summed E-state index contributed by atoms with van der Waals surface area (Å²) in [5, 5.41) is 3.31. The summed E-state index contributed by atoms with van der Waals surface area (Å²) in [6.07, 6.45) is -2.88. The van der Waals surface area contributed by atoms with Crippen LogP contribution in [0.3, 0.4) is 0 Å². The molecule has 2 fully saturated rings. The zero-order valence-corrected chi connectivity index (χ0v) is 16.6. The van der Waals surface area contributed by atoms with Crippen LogP contribution in [0.15, 0.2) is 45.7 Å². The van der Waals surface area contributed by atoms with E-state index in [-0.39, 0.29) is 11.7 Å². The molecule has 1 aromatic heterocycles. The molecule has 0 aliphatic carbocycles. The van der Waals surface area contributed by atoms with Gasteiger partial charge >= 0.3 is 6.18 Å². The van der Waals surface area contributed by atoms with Gasteiger partial charge in [-0.25, -0.2) is 10.0 Å². The molecule has 2 aliphatic rings. The predicted octanol–water partition coefficient (Wildman–Crippen LogP) is 4.41. The van der Waals surface area contributed by atoms with Gasteiger partial charge in [0.05, 0.1) is 23.7 Å². The van der Waals surface area contributed by atoms with Crippen molar-refractivity contribution in [2.75, 3.05) is 26.3 Å². The molecule has 29 heavy (non-hydrogen) atoms. The van der Waals surface area contributed by atoms with Gasteiger partial charge in [-0.2, -0.15) is 13.2 Å². The summed E-state index contributed by atoms with van der Waals surface area (Å²) in [6, 6.07) is 8.08. The highest BCUT2D eigenvalue weighted by Crippen LogP contribution is 2.36. The fourth-order valence-electron chi connectivity index (χ4n) is 3.02. The molecule has 2 aromatic rings. The number of ether oxygens (including phenoxy) is 1. The van der Waals surface area contributed by atoms with Crippen LogP contribution < -0.4 is 0 Å². The van der Waals surface area contributed by atoms with E-state index in [4.69, 9.17) is 21.4 Å². The van der Waals surface area contributed by atoms with Gasteiger partial charge in [0.1, 0.15) is 11.5 Å². The number of alkyl halides is 3. The van der Waals surface area contributed by atoms with Crippen molar-refractivity contribution in [1.29, 1.82) is 0 Å². The van der Waals surface area contributed by atoms with Gasteiger partial charge in [-0.1, -0.05) is 36.1 Å². The lowest BCUT2D eigenvalue weighted by Crippen LogP contribution is -2.50. The molecule has 0 bridgehead atoms. The third-order valence-electron chi connectivity index (χ3n) is 4.42. The minimum Gasteiger partial charge on any atom is -0.457 e. The maximum atomic E-state index is 12.9. The molecule has 0 atom stereocenters. The second-order valence-corrected chi connectivity index (χ2v) is 8.02. The minimum absolute atomic E-state index is 0.251. The quantitative estimate of drug-likeness (QED) is 0.520. The first kappa shape index (κ1) is 20.1. The number of halogens is 3. The first-order chi connectivity index (χ1) is 13.8. The van der Waals surface area contributed by atoms with Crippen LogP contribution in [0.2, 0.25) is 0 Å². The number of thiocarbonyl (C=S) groups is 1. The molecule has 1 amide bonds. The van der Waals surface area contributed by atoms with E-state index in [9.17, 15) is 18.0 Å². The summed E-state index contributed by atoms with van der Waals surface area (Å²) in [6.45, 7) is 2.18.